The van der Waals surface area contributed by atoms with E-state index < -0.39 is 5.82 Å². The molecule has 1 aromatic rings. The third-order valence-electron chi connectivity index (χ3n) is 2.03. The van der Waals surface area contributed by atoms with Crippen LogP contribution in [0.15, 0.2) is 10.5 Å². The molecule has 0 aliphatic heterocycles. The van der Waals surface area contributed by atoms with E-state index in [-0.39, 0.29) is 5.75 Å². The first kappa shape index (κ1) is 12.3. The lowest BCUT2D eigenvalue weighted by molar-refractivity contribution is 0.367. The molecule has 0 spiro atoms. The van der Waals surface area contributed by atoms with Crippen LogP contribution in [0.25, 0.3) is 0 Å². The van der Waals surface area contributed by atoms with E-state index in [1.807, 2.05) is 0 Å². The van der Waals surface area contributed by atoms with Gasteiger partial charge in [0.05, 0.1) is 14.2 Å². The van der Waals surface area contributed by atoms with E-state index in [2.05, 4.69) is 15.9 Å². The summed E-state index contributed by atoms with van der Waals surface area (Å²) in [5, 5.41) is 0. The van der Waals surface area contributed by atoms with Crippen LogP contribution in [0.4, 0.5) is 4.39 Å². The lowest BCUT2D eigenvalue weighted by Gasteiger charge is -2.13. The van der Waals surface area contributed by atoms with Crippen LogP contribution in [-0.4, -0.2) is 20.8 Å². The van der Waals surface area contributed by atoms with Crippen LogP contribution in [0.1, 0.15) is 5.56 Å². The molecule has 84 valence electrons. The molecule has 0 aromatic heterocycles. The predicted molar refractivity (Wildman–Crippen MR) is 60.0 cm³/mol. The Hall–Kier alpha value is -0.810. The molecule has 15 heavy (non-hydrogen) atoms. The molecule has 2 N–H and O–H groups in total. The Kier molecular flexibility index (Phi) is 4.35. The molecular formula is C10H13BrFNO2. The van der Waals surface area contributed by atoms with Gasteiger partial charge in [0, 0.05) is 0 Å². The van der Waals surface area contributed by atoms with Gasteiger partial charge in [0.25, 0.3) is 0 Å². The van der Waals surface area contributed by atoms with E-state index in [1.54, 1.807) is 0 Å². The minimum absolute atomic E-state index is 0.146. The average molecular weight is 278 g/mol. The summed E-state index contributed by atoms with van der Waals surface area (Å²) in [7, 11) is 2.93. The zero-order valence-electron chi connectivity index (χ0n) is 8.64. The Morgan fingerprint density at radius 2 is 1.93 bits per heavy atom. The van der Waals surface area contributed by atoms with E-state index in [0.29, 0.717) is 23.2 Å². The zero-order valence-corrected chi connectivity index (χ0v) is 10.2. The molecule has 3 nitrogen and oxygen atoms in total. The first-order valence-electron chi connectivity index (χ1n) is 4.44. The molecule has 0 atom stereocenters. The Morgan fingerprint density at radius 1 is 1.33 bits per heavy atom. The average Bonchev–Trinajstić information content (AvgIpc) is 2.19. The van der Waals surface area contributed by atoms with Gasteiger partial charge >= 0.3 is 0 Å². The molecule has 1 rings (SSSR count). The second-order valence-electron chi connectivity index (χ2n) is 2.94. The number of hydrogen-bond donors (Lipinski definition) is 1. The molecular weight excluding hydrogens is 265 g/mol. The monoisotopic (exact) mass is 277 g/mol. The molecule has 5 heteroatoms. The van der Waals surface area contributed by atoms with Crippen molar-refractivity contribution in [1.82, 2.24) is 0 Å². The highest BCUT2D eigenvalue weighted by atomic mass is 79.9. The fraction of sp³-hybridized carbons (Fsp3) is 0.400. The van der Waals surface area contributed by atoms with E-state index in [4.69, 9.17) is 15.2 Å². The molecule has 0 bridgehead atoms. The highest BCUT2D eigenvalue weighted by Gasteiger charge is 2.17. The van der Waals surface area contributed by atoms with Gasteiger partial charge in [0.1, 0.15) is 10.2 Å². The second kappa shape index (κ2) is 5.32. The number of nitrogens with two attached hydrogens (primary N) is 1. The summed E-state index contributed by atoms with van der Waals surface area (Å²) in [6.45, 7) is 0.439. The second-order valence-corrected chi connectivity index (χ2v) is 3.73. The largest absolute Gasteiger partial charge is 0.495 e. The Labute approximate surface area is 96.5 Å². The van der Waals surface area contributed by atoms with Crippen molar-refractivity contribution in [2.45, 2.75) is 6.42 Å². The molecule has 1 aromatic carbocycles. The summed E-state index contributed by atoms with van der Waals surface area (Å²) < 4.78 is 24.1. The van der Waals surface area contributed by atoms with Gasteiger partial charge in [-0.2, -0.15) is 0 Å². The quantitative estimate of drug-likeness (QED) is 0.917. The molecule has 0 saturated carbocycles. The lowest BCUT2D eigenvalue weighted by Crippen LogP contribution is -2.06. The van der Waals surface area contributed by atoms with Crippen LogP contribution in [0.3, 0.4) is 0 Å². The maximum absolute atomic E-state index is 13.5. The molecule has 0 amide bonds. The summed E-state index contributed by atoms with van der Waals surface area (Å²) >= 11 is 3.24. The van der Waals surface area contributed by atoms with Gasteiger partial charge in [-0.15, -0.1) is 0 Å². The van der Waals surface area contributed by atoms with Gasteiger partial charge in [-0.3, -0.25) is 0 Å². The highest BCUT2D eigenvalue weighted by molar-refractivity contribution is 9.10. The molecule has 0 fully saturated rings. The third kappa shape index (κ3) is 2.41. The van der Waals surface area contributed by atoms with Crippen molar-refractivity contribution in [2.75, 3.05) is 20.8 Å². The molecule has 0 aliphatic rings. The van der Waals surface area contributed by atoms with Crippen LogP contribution in [0.5, 0.6) is 11.5 Å². The zero-order chi connectivity index (χ0) is 11.4. The molecule has 0 aliphatic carbocycles. The Balaban J connectivity index is 3.30. The molecule has 0 radical (unpaired) electrons. The van der Waals surface area contributed by atoms with Crippen LogP contribution < -0.4 is 15.2 Å². The van der Waals surface area contributed by atoms with Crippen LogP contribution in [0, 0.1) is 5.82 Å². The van der Waals surface area contributed by atoms with Gasteiger partial charge in [0.2, 0.25) is 0 Å². The predicted octanol–water partition coefficient (Wildman–Crippen LogP) is 2.11. The van der Waals surface area contributed by atoms with Gasteiger partial charge in [-0.05, 0) is 40.5 Å². The smallest absolute Gasteiger partial charge is 0.172 e. The van der Waals surface area contributed by atoms with Crippen molar-refractivity contribution < 1.29 is 13.9 Å². The van der Waals surface area contributed by atoms with Crippen molar-refractivity contribution in [2.24, 2.45) is 5.73 Å². The number of hydrogen-bond acceptors (Lipinski definition) is 3. The van der Waals surface area contributed by atoms with Crippen molar-refractivity contribution in [3.05, 3.63) is 21.9 Å². The van der Waals surface area contributed by atoms with Gasteiger partial charge in [-0.1, -0.05) is 0 Å². The van der Waals surface area contributed by atoms with Crippen molar-refractivity contribution in [3.63, 3.8) is 0 Å². The third-order valence-corrected chi connectivity index (χ3v) is 2.75. The summed E-state index contributed by atoms with van der Waals surface area (Å²) in [4.78, 5) is 0. The summed E-state index contributed by atoms with van der Waals surface area (Å²) in [5.41, 5.74) is 6.16. The van der Waals surface area contributed by atoms with Crippen molar-refractivity contribution in [1.29, 1.82) is 0 Å². The minimum atomic E-state index is -0.423. The first-order valence-corrected chi connectivity index (χ1v) is 5.23. The van der Waals surface area contributed by atoms with Gasteiger partial charge in [-0.25, -0.2) is 4.39 Å². The van der Waals surface area contributed by atoms with Crippen molar-refractivity contribution >= 4 is 15.9 Å². The van der Waals surface area contributed by atoms with Gasteiger partial charge in [0.15, 0.2) is 11.6 Å². The summed E-state index contributed by atoms with van der Waals surface area (Å²) in [6, 6.07) is 1.38. The number of benzene rings is 1. The van der Waals surface area contributed by atoms with Crippen LogP contribution in [-0.2, 0) is 6.42 Å². The Morgan fingerprint density at radius 3 is 2.40 bits per heavy atom. The number of methoxy groups -OCH3 is 2. The SMILES string of the molecule is COc1c(F)cc(CCN)c(OC)c1Br. The lowest BCUT2D eigenvalue weighted by atomic mass is 10.1. The first-order chi connectivity index (χ1) is 7.15. The van der Waals surface area contributed by atoms with Crippen LogP contribution in [0.2, 0.25) is 0 Å². The molecule has 0 heterocycles. The van der Waals surface area contributed by atoms with E-state index in [0.717, 1.165) is 5.56 Å². The fourth-order valence-corrected chi connectivity index (χ4v) is 2.15. The van der Waals surface area contributed by atoms with E-state index in [1.165, 1.54) is 20.3 Å². The molecule has 0 saturated heterocycles. The standard InChI is InChI=1S/C10H13BrFNO2/c1-14-9-6(3-4-13)5-7(12)10(15-2)8(9)11/h5H,3-4,13H2,1-2H3. The summed E-state index contributed by atoms with van der Waals surface area (Å²) in [5.74, 6) is 0.292. The summed E-state index contributed by atoms with van der Waals surface area (Å²) in [6.07, 6.45) is 0.558. The maximum Gasteiger partial charge on any atom is 0.172 e. The van der Waals surface area contributed by atoms with Crippen LogP contribution >= 0.6 is 15.9 Å². The number of ether oxygens (including phenoxy) is 2. The van der Waals surface area contributed by atoms with E-state index >= 15 is 0 Å². The van der Waals surface area contributed by atoms with Gasteiger partial charge < -0.3 is 15.2 Å². The number of halogens is 2. The maximum atomic E-state index is 13.5. The Bertz CT molecular complexity index is 358. The van der Waals surface area contributed by atoms with Crippen molar-refractivity contribution in [3.8, 4) is 11.5 Å². The number of rotatable bonds is 4. The fourth-order valence-electron chi connectivity index (χ4n) is 1.38. The molecule has 0 unspecified atom stereocenters. The van der Waals surface area contributed by atoms with E-state index in [9.17, 15) is 4.39 Å². The normalized spacial score (nSPS) is 10.2. The topological polar surface area (TPSA) is 44.5 Å². The minimum Gasteiger partial charge on any atom is -0.495 e. The highest BCUT2D eigenvalue weighted by Crippen LogP contribution is 2.39.